The maximum atomic E-state index is 14.6. The molecule has 1 fully saturated rings. The maximum absolute atomic E-state index is 14.6. The summed E-state index contributed by atoms with van der Waals surface area (Å²) >= 11 is 3.43. The molecule has 0 aromatic heterocycles. The van der Waals surface area contributed by atoms with Gasteiger partial charge in [-0.05, 0) is 67.3 Å². The molecule has 0 heterocycles. The normalized spacial score (nSPS) is 14.3. The van der Waals surface area contributed by atoms with Gasteiger partial charge in [0.05, 0.1) is 10.6 Å². The topological polar surface area (TPSA) is 86.8 Å². The average molecular weight is 703 g/mol. The quantitative estimate of drug-likeness (QED) is 0.172. The monoisotopic (exact) mass is 701 g/mol. The van der Waals surface area contributed by atoms with Crippen LogP contribution in [0.4, 0.5) is 5.69 Å². The predicted octanol–water partition coefficient (Wildman–Crippen LogP) is 7.04. The number of amides is 2. The first-order valence-corrected chi connectivity index (χ1v) is 18.0. The summed E-state index contributed by atoms with van der Waals surface area (Å²) in [6.07, 6.45) is 5.37. The predicted molar refractivity (Wildman–Crippen MR) is 186 cm³/mol. The zero-order chi connectivity index (χ0) is 32.5. The smallest absolute Gasteiger partial charge is 0.264 e. The summed E-state index contributed by atoms with van der Waals surface area (Å²) in [6.45, 7) is 1.65. The number of aryl methyl sites for hydroxylation is 1. The van der Waals surface area contributed by atoms with Gasteiger partial charge in [0.2, 0.25) is 11.8 Å². The molecule has 4 aromatic rings. The first kappa shape index (κ1) is 33.4. The Morgan fingerprint density at radius 1 is 0.826 bits per heavy atom. The van der Waals surface area contributed by atoms with E-state index < -0.39 is 28.5 Å². The van der Waals surface area contributed by atoms with E-state index in [4.69, 9.17) is 0 Å². The Hall–Kier alpha value is -3.95. The SMILES string of the molecule is Cc1cccc(CN(C(=O)CN(c2ccc(Br)cc2)S(=O)(=O)c2ccccc2)C(Cc2ccccc2)C(=O)NC2CCCCC2)c1. The van der Waals surface area contributed by atoms with Crippen molar-refractivity contribution >= 4 is 43.5 Å². The van der Waals surface area contributed by atoms with Crippen LogP contribution in [0.3, 0.4) is 0 Å². The lowest BCUT2D eigenvalue weighted by molar-refractivity contribution is -0.140. The van der Waals surface area contributed by atoms with E-state index in [0.29, 0.717) is 12.1 Å². The van der Waals surface area contributed by atoms with Crippen molar-refractivity contribution in [3.63, 3.8) is 0 Å². The number of halogens is 1. The molecule has 0 saturated heterocycles. The van der Waals surface area contributed by atoms with Crippen molar-refractivity contribution < 1.29 is 18.0 Å². The zero-order valence-corrected chi connectivity index (χ0v) is 28.4. The number of hydrogen-bond acceptors (Lipinski definition) is 4. The Kier molecular flexibility index (Phi) is 11.3. The first-order chi connectivity index (χ1) is 22.2. The fourth-order valence-corrected chi connectivity index (χ4v) is 7.66. The third kappa shape index (κ3) is 8.65. The second-order valence-corrected chi connectivity index (χ2v) is 14.6. The number of rotatable bonds is 12. The van der Waals surface area contributed by atoms with Crippen LogP contribution in [-0.2, 0) is 32.6 Å². The highest BCUT2D eigenvalue weighted by atomic mass is 79.9. The standard InChI is InChI=1S/C37H40BrN3O4S/c1-28-12-11-15-30(24-28)26-40(35(25-29-13-5-2-6-14-29)37(43)39-32-16-7-3-8-17-32)36(42)27-41(33-22-20-31(38)21-23-33)46(44,45)34-18-9-4-10-19-34/h2,4-6,9-15,18-24,32,35H,3,7-8,16-17,25-27H2,1H3,(H,39,43). The van der Waals surface area contributed by atoms with Gasteiger partial charge in [-0.2, -0.15) is 0 Å². The van der Waals surface area contributed by atoms with Gasteiger partial charge in [-0.15, -0.1) is 0 Å². The number of hydrogen-bond donors (Lipinski definition) is 1. The molecule has 4 aromatic carbocycles. The number of anilines is 1. The summed E-state index contributed by atoms with van der Waals surface area (Å²) in [5, 5.41) is 3.25. The van der Waals surface area contributed by atoms with Crippen molar-refractivity contribution in [2.45, 2.75) is 69.0 Å². The van der Waals surface area contributed by atoms with Gasteiger partial charge in [-0.25, -0.2) is 8.42 Å². The lowest BCUT2D eigenvalue weighted by Crippen LogP contribution is -2.55. The number of carbonyl (C=O) groups excluding carboxylic acids is 2. The van der Waals surface area contributed by atoms with Gasteiger partial charge in [0, 0.05) is 23.5 Å². The molecule has 0 spiro atoms. The molecule has 0 radical (unpaired) electrons. The Morgan fingerprint density at radius 3 is 2.11 bits per heavy atom. The van der Waals surface area contributed by atoms with E-state index in [-0.39, 0.29) is 23.4 Å². The van der Waals surface area contributed by atoms with Crippen LogP contribution >= 0.6 is 15.9 Å². The second-order valence-electron chi connectivity index (χ2n) is 11.9. The molecule has 1 aliphatic rings. The van der Waals surface area contributed by atoms with Gasteiger partial charge in [0.25, 0.3) is 10.0 Å². The molecule has 7 nitrogen and oxygen atoms in total. The minimum atomic E-state index is -4.13. The molecule has 1 aliphatic carbocycles. The van der Waals surface area contributed by atoms with E-state index in [1.807, 2.05) is 61.5 Å². The minimum Gasteiger partial charge on any atom is -0.352 e. The van der Waals surface area contributed by atoms with Crippen LogP contribution in [0.1, 0.15) is 48.8 Å². The van der Waals surface area contributed by atoms with Crippen LogP contribution in [0, 0.1) is 6.92 Å². The molecular weight excluding hydrogens is 662 g/mol. The highest BCUT2D eigenvalue weighted by molar-refractivity contribution is 9.10. The van der Waals surface area contributed by atoms with Crippen LogP contribution in [0.15, 0.2) is 119 Å². The fraction of sp³-hybridized carbons (Fsp3) is 0.297. The van der Waals surface area contributed by atoms with E-state index in [9.17, 15) is 18.0 Å². The van der Waals surface area contributed by atoms with Crippen molar-refractivity contribution in [3.8, 4) is 0 Å². The van der Waals surface area contributed by atoms with E-state index in [0.717, 1.165) is 57.6 Å². The molecule has 5 rings (SSSR count). The third-order valence-electron chi connectivity index (χ3n) is 8.38. The number of benzene rings is 4. The van der Waals surface area contributed by atoms with E-state index in [1.54, 1.807) is 47.4 Å². The number of sulfonamides is 1. The Morgan fingerprint density at radius 2 is 1.46 bits per heavy atom. The van der Waals surface area contributed by atoms with Crippen LogP contribution in [0.2, 0.25) is 0 Å². The molecule has 1 unspecified atom stereocenters. The van der Waals surface area contributed by atoms with E-state index in [1.165, 1.54) is 12.1 Å². The second kappa shape index (κ2) is 15.6. The molecule has 0 bridgehead atoms. The summed E-state index contributed by atoms with van der Waals surface area (Å²) in [5.74, 6) is -0.693. The van der Waals surface area contributed by atoms with Gasteiger partial charge in [0.1, 0.15) is 12.6 Å². The maximum Gasteiger partial charge on any atom is 0.264 e. The summed E-state index contributed by atoms with van der Waals surface area (Å²) < 4.78 is 30.1. The fourth-order valence-electron chi connectivity index (χ4n) is 5.96. The summed E-state index contributed by atoms with van der Waals surface area (Å²) in [7, 11) is -4.13. The molecule has 0 aliphatic heterocycles. The summed E-state index contributed by atoms with van der Waals surface area (Å²) in [6, 6.07) is 31.6. The van der Waals surface area contributed by atoms with Gasteiger partial charge in [-0.3, -0.25) is 13.9 Å². The first-order valence-electron chi connectivity index (χ1n) is 15.7. The Balaban J connectivity index is 1.55. The largest absolute Gasteiger partial charge is 0.352 e. The van der Waals surface area contributed by atoms with Gasteiger partial charge >= 0.3 is 0 Å². The van der Waals surface area contributed by atoms with Crippen LogP contribution in [0.5, 0.6) is 0 Å². The van der Waals surface area contributed by atoms with Crippen molar-refractivity contribution in [2.24, 2.45) is 0 Å². The van der Waals surface area contributed by atoms with Crippen molar-refractivity contribution in [2.75, 3.05) is 10.8 Å². The Labute approximate surface area is 280 Å². The molecule has 46 heavy (non-hydrogen) atoms. The molecular formula is C37H40BrN3O4S. The minimum absolute atomic E-state index is 0.0492. The van der Waals surface area contributed by atoms with Crippen LogP contribution < -0.4 is 9.62 Å². The summed E-state index contributed by atoms with van der Waals surface area (Å²) in [4.78, 5) is 30.4. The molecule has 240 valence electrons. The number of carbonyl (C=O) groups is 2. The number of nitrogens with one attached hydrogen (secondary N) is 1. The van der Waals surface area contributed by atoms with Crippen LogP contribution in [0.25, 0.3) is 0 Å². The van der Waals surface area contributed by atoms with Crippen molar-refractivity contribution in [1.82, 2.24) is 10.2 Å². The van der Waals surface area contributed by atoms with Gasteiger partial charge < -0.3 is 10.2 Å². The van der Waals surface area contributed by atoms with E-state index >= 15 is 0 Å². The lowest BCUT2D eigenvalue weighted by atomic mass is 9.94. The Bertz CT molecular complexity index is 1710. The highest BCUT2D eigenvalue weighted by Gasteiger charge is 2.35. The summed E-state index contributed by atoms with van der Waals surface area (Å²) in [5.41, 5.74) is 3.15. The lowest BCUT2D eigenvalue weighted by Gasteiger charge is -2.35. The zero-order valence-electron chi connectivity index (χ0n) is 26.0. The molecule has 1 atom stereocenters. The van der Waals surface area contributed by atoms with E-state index in [2.05, 4.69) is 21.2 Å². The third-order valence-corrected chi connectivity index (χ3v) is 10.7. The number of nitrogens with zero attached hydrogens (tertiary/aromatic N) is 2. The molecule has 2 amide bonds. The molecule has 9 heteroatoms. The average Bonchev–Trinajstić information content (AvgIpc) is 3.07. The highest BCUT2D eigenvalue weighted by Crippen LogP contribution is 2.27. The molecule has 1 N–H and O–H groups in total. The van der Waals surface area contributed by atoms with Crippen LogP contribution in [-0.4, -0.2) is 43.8 Å². The van der Waals surface area contributed by atoms with Gasteiger partial charge in [0.15, 0.2) is 0 Å². The van der Waals surface area contributed by atoms with Crippen molar-refractivity contribution in [1.29, 1.82) is 0 Å². The van der Waals surface area contributed by atoms with Gasteiger partial charge in [-0.1, -0.05) is 114 Å². The molecule has 1 saturated carbocycles. The van der Waals surface area contributed by atoms with Crippen molar-refractivity contribution in [3.05, 3.63) is 130 Å².